The van der Waals surface area contributed by atoms with Crippen molar-refractivity contribution in [1.82, 2.24) is 14.9 Å². The van der Waals surface area contributed by atoms with E-state index >= 15 is 0 Å². The molecule has 0 aliphatic heterocycles. The van der Waals surface area contributed by atoms with Crippen LogP contribution in [0.15, 0.2) is 66.2 Å². The molecule has 0 radical (unpaired) electrons. The topological polar surface area (TPSA) is 59.0 Å². The third-order valence-electron chi connectivity index (χ3n) is 5.63. The largest absolute Gasteiger partial charge is 0.497 e. The summed E-state index contributed by atoms with van der Waals surface area (Å²) in [6, 6.07) is 17.9. The lowest BCUT2D eigenvalue weighted by Crippen LogP contribution is -2.29. The number of aromatic nitrogens is 2. The van der Waals surface area contributed by atoms with E-state index in [-0.39, 0.29) is 12.5 Å². The molecular formula is C25H22ClN3O2S. The molecule has 0 fully saturated rings. The second-order valence-electron chi connectivity index (χ2n) is 7.62. The van der Waals surface area contributed by atoms with Crippen molar-refractivity contribution in [2.75, 3.05) is 13.7 Å². The Hall–Kier alpha value is -3.22. The van der Waals surface area contributed by atoms with Gasteiger partial charge in [0.1, 0.15) is 12.3 Å². The van der Waals surface area contributed by atoms with Crippen LogP contribution in [0.2, 0.25) is 5.02 Å². The van der Waals surface area contributed by atoms with Crippen LogP contribution < -0.4 is 10.1 Å². The molecule has 0 atom stereocenters. The van der Waals surface area contributed by atoms with Crippen LogP contribution >= 0.6 is 22.9 Å². The highest BCUT2D eigenvalue weighted by Crippen LogP contribution is 2.32. The maximum atomic E-state index is 12.9. The summed E-state index contributed by atoms with van der Waals surface area (Å²) in [4.78, 5) is 17.3. The Morgan fingerprint density at radius 3 is 2.91 bits per heavy atom. The first-order valence-electron chi connectivity index (χ1n) is 10.4. The molecule has 2 N–H and O–H groups in total. The van der Waals surface area contributed by atoms with E-state index in [4.69, 9.17) is 16.3 Å². The number of carbonyl (C=O) groups is 1. The molecule has 0 unspecified atom stereocenters. The second kappa shape index (κ2) is 8.73. The van der Waals surface area contributed by atoms with E-state index in [0.29, 0.717) is 11.6 Å². The van der Waals surface area contributed by atoms with Crippen LogP contribution in [-0.4, -0.2) is 29.1 Å². The minimum Gasteiger partial charge on any atom is -0.497 e. The minimum absolute atomic E-state index is 0.0207. The van der Waals surface area contributed by atoms with Gasteiger partial charge in [0.15, 0.2) is 0 Å². The van der Waals surface area contributed by atoms with Gasteiger partial charge in [-0.1, -0.05) is 17.7 Å². The molecule has 0 bridgehead atoms. The number of hydrogen-bond acceptors (Lipinski definition) is 3. The Kier molecular flexibility index (Phi) is 5.64. The maximum absolute atomic E-state index is 12.9. The summed E-state index contributed by atoms with van der Waals surface area (Å²) in [7, 11) is 1.66. The predicted molar refractivity (Wildman–Crippen MR) is 132 cm³/mol. The van der Waals surface area contributed by atoms with Crippen molar-refractivity contribution in [3.63, 3.8) is 0 Å². The van der Waals surface area contributed by atoms with Gasteiger partial charge in [0.05, 0.1) is 17.7 Å². The second-order valence-corrected chi connectivity index (χ2v) is 9.01. The number of H-pyrrole nitrogens is 1. The average molecular weight is 464 g/mol. The van der Waals surface area contributed by atoms with Crippen molar-refractivity contribution in [2.24, 2.45) is 0 Å². The fourth-order valence-electron chi connectivity index (χ4n) is 4.07. The molecule has 7 heteroatoms. The first-order valence-corrected chi connectivity index (χ1v) is 11.6. The van der Waals surface area contributed by atoms with Crippen LogP contribution in [-0.2, 0) is 17.8 Å². The number of methoxy groups -OCH3 is 1. The molecule has 5 nitrogen and oxygen atoms in total. The Morgan fingerprint density at radius 2 is 2.09 bits per heavy atom. The first-order chi connectivity index (χ1) is 15.6. The van der Waals surface area contributed by atoms with E-state index in [2.05, 4.69) is 27.0 Å². The highest BCUT2D eigenvalue weighted by molar-refractivity contribution is 7.13. The van der Waals surface area contributed by atoms with Crippen LogP contribution in [0.4, 0.5) is 0 Å². The molecule has 0 saturated carbocycles. The molecule has 0 spiro atoms. The molecule has 32 heavy (non-hydrogen) atoms. The van der Waals surface area contributed by atoms with Crippen molar-refractivity contribution in [1.29, 1.82) is 0 Å². The van der Waals surface area contributed by atoms with E-state index in [0.717, 1.165) is 50.1 Å². The molecule has 5 rings (SSSR count). The number of fused-ring (bicyclic) bond motifs is 2. The zero-order valence-electron chi connectivity index (χ0n) is 17.5. The summed E-state index contributed by atoms with van der Waals surface area (Å²) < 4.78 is 7.40. The maximum Gasteiger partial charge on any atom is 0.239 e. The fourth-order valence-corrected chi connectivity index (χ4v) is 5.00. The van der Waals surface area contributed by atoms with Gasteiger partial charge in [-0.2, -0.15) is 0 Å². The summed E-state index contributed by atoms with van der Waals surface area (Å²) in [6.07, 6.45) is 2.73. The van der Waals surface area contributed by atoms with Gasteiger partial charge in [-0.3, -0.25) is 4.79 Å². The smallest absolute Gasteiger partial charge is 0.239 e. The van der Waals surface area contributed by atoms with Crippen molar-refractivity contribution < 1.29 is 9.53 Å². The summed E-state index contributed by atoms with van der Waals surface area (Å²) >= 11 is 7.85. The number of nitrogens with zero attached hydrogens (tertiary/aromatic N) is 1. The summed E-state index contributed by atoms with van der Waals surface area (Å²) in [5, 5.41) is 7.95. The molecule has 5 aromatic rings. The summed E-state index contributed by atoms with van der Waals surface area (Å²) in [6.45, 7) is 0.808. The number of halogens is 1. The van der Waals surface area contributed by atoms with Gasteiger partial charge in [-0.15, -0.1) is 11.3 Å². The number of thiophene rings is 1. The van der Waals surface area contributed by atoms with Crippen LogP contribution in [0, 0.1) is 0 Å². The van der Waals surface area contributed by atoms with Gasteiger partial charge in [0.25, 0.3) is 0 Å². The molecule has 3 heterocycles. The third-order valence-corrected chi connectivity index (χ3v) is 6.76. The van der Waals surface area contributed by atoms with Crippen molar-refractivity contribution in [2.45, 2.75) is 13.0 Å². The fraction of sp³-hybridized carbons (Fsp3) is 0.160. The van der Waals surface area contributed by atoms with Gasteiger partial charge in [-0.25, -0.2) is 0 Å². The van der Waals surface area contributed by atoms with Gasteiger partial charge >= 0.3 is 0 Å². The Bertz CT molecular complexity index is 1400. The molecule has 3 aromatic heterocycles. The van der Waals surface area contributed by atoms with Crippen LogP contribution in [0.25, 0.3) is 32.4 Å². The highest BCUT2D eigenvalue weighted by atomic mass is 35.5. The Morgan fingerprint density at radius 1 is 1.19 bits per heavy atom. The van der Waals surface area contributed by atoms with Crippen molar-refractivity contribution in [3.8, 4) is 16.3 Å². The quantitative estimate of drug-likeness (QED) is 0.317. The van der Waals surface area contributed by atoms with Crippen molar-refractivity contribution >= 4 is 50.7 Å². The summed E-state index contributed by atoms with van der Waals surface area (Å²) in [5.41, 5.74) is 4.23. The number of ether oxygens (including phenoxy) is 1. The number of aromatic amines is 1. The average Bonchev–Trinajstić information content (AvgIpc) is 3.53. The molecule has 2 aromatic carbocycles. The minimum atomic E-state index is -0.0207. The van der Waals surface area contributed by atoms with E-state index in [1.54, 1.807) is 18.4 Å². The molecule has 1 amide bonds. The van der Waals surface area contributed by atoms with Gasteiger partial charge in [-0.05, 0) is 65.9 Å². The SMILES string of the molecule is COc1ccc2[nH]cc(CCNC(=O)Cn3c(-c4cccs4)cc4cc(Cl)ccc43)c2c1. The lowest BCUT2D eigenvalue weighted by molar-refractivity contribution is -0.121. The van der Waals surface area contributed by atoms with Crippen LogP contribution in [0.1, 0.15) is 5.56 Å². The summed E-state index contributed by atoms with van der Waals surface area (Å²) in [5.74, 6) is 0.802. The molecule has 0 aliphatic carbocycles. The van der Waals surface area contributed by atoms with Gasteiger partial charge in [0, 0.05) is 39.6 Å². The number of amides is 1. The number of nitrogens with one attached hydrogen (secondary N) is 2. The zero-order valence-corrected chi connectivity index (χ0v) is 19.1. The van der Waals surface area contributed by atoms with E-state index < -0.39 is 0 Å². The standard InChI is InChI=1S/C25H22ClN3O2S/c1-31-19-5-6-21-20(13-19)16(14-28-21)8-9-27-25(30)15-29-22-7-4-18(26)11-17(22)12-23(29)24-3-2-10-32-24/h2-7,10-14,28H,8-9,15H2,1H3,(H,27,30). The number of rotatable bonds is 7. The monoisotopic (exact) mass is 463 g/mol. The zero-order chi connectivity index (χ0) is 22.1. The van der Waals surface area contributed by atoms with Crippen LogP contribution in [0.3, 0.4) is 0 Å². The Labute approximate surface area is 194 Å². The van der Waals surface area contributed by atoms with E-state index in [1.165, 1.54) is 0 Å². The van der Waals surface area contributed by atoms with Crippen LogP contribution in [0.5, 0.6) is 5.75 Å². The normalized spacial score (nSPS) is 11.3. The van der Waals surface area contributed by atoms with Gasteiger partial charge in [0.2, 0.25) is 5.91 Å². The lowest BCUT2D eigenvalue weighted by atomic mass is 10.1. The Balaban J connectivity index is 1.32. The number of carbonyl (C=O) groups excluding carboxylic acids is 1. The van der Waals surface area contributed by atoms with E-state index in [9.17, 15) is 4.79 Å². The first kappa shape index (κ1) is 20.7. The van der Waals surface area contributed by atoms with E-state index in [1.807, 2.05) is 54.0 Å². The number of benzene rings is 2. The molecule has 0 saturated heterocycles. The highest BCUT2D eigenvalue weighted by Gasteiger charge is 2.15. The van der Waals surface area contributed by atoms with Crippen molar-refractivity contribution in [3.05, 3.63) is 76.8 Å². The molecule has 162 valence electrons. The van der Waals surface area contributed by atoms with Gasteiger partial charge < -0.3 is 19.6 Å². The number of hydrogen-bond donors (Lipinski definition) is 2. The third kappa shape index (κ3) is 3.99. The molecule has 0 aliphatic rings. The predicted octanol–water partition coefficient (Wildman–Crippen LogP) is 5.87. The lowest BCUT2D eigenvalue weighted by Gasteiger charge is -2.11. The molecular weight excluding hydrogens is 442 g/mol.